The number of nitrogens with one attached hydrogen (secondary N) is 1. The van der Waals surface area contributed by atoms with Gasteiger partial charge in [0, 0.05) is 5.56 Å². The van der Waals surface area contributed by atoms with Gasteiger partial charge in [0.25, 0.3) is 0 Å². The van der Waals surface area contributed by atoms with Gasteiger partial charge in [-0.2, -0.15) is 0 Å². The van der Waals surface area contributed by atoms with Gasteiger partial charge < -0.3 is 5.21 Å². The summed E-state index contributed by atoms with van der Waals surface area (Å²) in [6, 6.07) is 3.54. The summed E-state index contributed by atoms with van der Waals surface area (Å²) in [6.45, 7) is -0.224. The normalized spacial score (nSPS) is 10.1. The van der Waals surface area contributed by atoms with Crippen LogP contribution in [-0.2, 0) is 6.54 Å². The van der Waals surface area contributed by atoms with Gasteiger partial charge in [0.05, 0.1) is 6.54 Å². The van der Waals surface area contributed by atoms with Crippen LogP contribution in [0.1, 0.15) is 5.56 Å². The van der Waals surface area contributed by atoms with Crippen molar-refractivity contribution >= 4 is 0 Å². The number of hydrogen-bond donors (Lipinski definition) is 2. The van der Waals surface area contributed by atoms with E-state index in [0.29, 0.717) is 0 Å². The molecule has 0 heterocycles. The molecule has 0 aromatic heterocycles. The summed E-state index contributed by atoms with van der Waals surface area (Å²) in [5.41, 5.74) is 1.53. The quantitative estimate of drug-likeness (QED) is 0.640. The number of hydrogen-bond acceptors (Lipinski definition) is 2. The molecule has 4 heteroatoms. The highest BCUT2D eigenvalue weighted by Gasteiger charge is 2.05. The van der Waals surface area contributed by atoms with Crippen molar-refractivity contribution in [3.63, 3.8) is 0 Å². The maximum absolute atomic E-state index is 12.6. The fourth-order valence-electron chi connectivity index (χ4n) is 0.780. The van der Waals surface area contributed by atoms with Crippen LogP contribution >= 0.6 is 0 Å². The van der Waals surface area contributed by atoms with Gasteiger partial charge in [-0.15, -0.1) is 0 Å². The first kappa shape index (κ1) is 8.10. The zero-order valence-electron chi connectivity index (χ0n) is 5.64. The van der Waals surface area contributed by atoms with Crippen LogP contribution in [0.5, 0.6) is 0 Å². The Hall–Kier alpha value is -1.00. The molecule has 2 N–H and O–H groups in total. The van der Waals surface area contributed by atoms with Crippen LogP contribution in [0.25, 0.3) is 0 Å². The van der Waals surface area contributed by atoms with Gasteiger partial charge in [-0.25, -0.2) is 14.3 Å². The van der Waals surface area contributed by atoms with E-state index in [1.54, 1.807) is 5.48 Å². The van der Waals surface area contributed by atoms with Gasteiger partial charge >= 0.3 is 0 Å². The first-order valence-corrected chi connectivity index (χ1v) is 3.05. The Kier molecular flexibility index (Phi) is 2.51. The van der Waals surface area contributed by atoms with Crippen LogP contribution < -0.4 is 5.48 Å². The largest absolute Gasteiger partial charge is 0.316 e. The van der Waals surface area contributed by atoms with E-state index in [9.17, 15) is 8.78 Å². The Labute approximate surface area is 62.4 Å². The predicted octanol–water partition coefficient (Wildman–Crippen LogP) is 1.44. The summed E-state index contributed by atoms with van der Waals surface area (Å²) in [7, 11) is 0. The smallest absolute Gasteiger partial charge is 0.130 e. The molecule has 0 radical (unpaired) electrons. The Morgan fingerprint density at radius 2 is 1.82 bits per heavy atom. The number of rotatable bonds is 2. The van der Waals surface area contributed by atoms with Crippen LogP contribution in [-0.4, -0.2) is 5.21 Å². The molecule has 0 unspecified atom stereocenters. The molecular formula is C7H7F2NO. The van der Waals surface area contributed by atoms with Crippen molar-refractivity contribution in [3.8, 4) is 0 Å². The highest BCUT2D eigenvalue weighted by Crippen LogP contribution is 2.10. The first-order valence-electron chi connectivity index (χ1n) is 3.05. The molecule has 0 atom stereocenters. The molecule has 0 saturated heterocycles. The van der Waals surface area contributed by atoms with Crippen LogP contribution in [0.3, 0.4) is 0 Å². The molecular weight excluding hydrogens is 152 g/mol. The zero-order chi connectivity index (χ0) is 8.27. The Morgan fingerprint density at radius 1 is 1.27 bits per heavy atom. The van der Waals surface area contributed by atoms with Crippen LogP contribution in [0, 0.1) is 11.6 Å². The van der Waals surface area contributed by atoms with Crippen molar-refractivity contribution in [1.82, 2.24) is 5.48 Å². The van der Waals surface area contributed by atoms with Crippen LogP contribution in [0.4, 0.5) is 8.78 Å². The van der Waals surface area contributed by atoms with Crippen LogP contribution in [0.2, 0.25) is 0 Å². The third-order valence-electron chi connectivity index (χ3n) is 1.32. The summed E-state index contributed by atoms with van der Waals surface area (Å²) in [4.78, 5) is 0. The Morgan fingerprint density at radius 3 is 2.27 bits per heavy atom. The molecule has 0 aliphatic rings. The third-order valence-corrected chi connectivity index (χ3v) is 1.32. The molecule has 0 saturated carbocycles. The molecule has 2 nitrogen and oxygen atoms in total. The van der Waals surface area contributed by atoms with E-state index in [1.165, 1.54) is 6.07 Å². The Balaban J connectivity index is 3.00. The molecule has 1 aromatic carbocycles. The topological polar surface area (TPSA) is 32.3 Å². The molecule has 1 rings (SSSR count). The van der Waals surface area contributed by atoms with Crippen molar-refractivity contribution in [2.75, 3.05) is 0 Å². The second kappa shape index (κ2) is 3.41. The molecule has 0 spiro atoms. The second-order valence-corrected chi connectivity index (χ2v) is 2.04. The fourth-order valence-corrected chi connectivity index (χ4v) is 0.780. The average Bonchev–Trinajstić information content (AvgIpc) is 1.97. The van der Waals surface area contributed by atoms with Gasteiger partial charge in [0.15, 0.2) is 0 Å². The minimum absolute atomic E-state index is 0.157. The summed E-state index contributed by atoms with van der Waals surface area (Å²) in [5.74, 6) is -1.32. The summed E-state index contributed by atoms with van der Waals surface area (Å²) >= 11 is 0. The van der Waals surface area contributed by atoms with Gasteiger partial charge in [-0.3, -0.25) is 0 Å². The lowest BCUT2D eigenvalue weighted by molar-refractivity contribution is 0.158. The van der Waals surface area contributed by atoms with Crippen LogP contribution in [0.15, 0.2) is 18.2 Å². The molecule has 0 aliphatic carbocycles. The minimum Gasteiger partial charge on any atom is -0.316 e. The zero-order valence-corrected chi connectivity index (χ0v) is 5.64. The summed E-state index contributed by atoms with van der Waals surface area (Å²) < 4.78 is 25.3. The maximum Gasteiger partial charge on any atom is 0.130 e. The lowest BCUT2D eigenvalue weighted by atomic mass is 10.2. The van der Waals surface area contributed by atoms with E-state index < -0.39 is 11.6 Å². The molecule has 0 fully saturated rings. The van der Waals surface area contributed by atoms with E-state index in [4.69, 9.17) is 5.21 Å². The number of benzene rings is 1. The maximum atomic E-state index is 12.6. The first-order chi connectivity index (χ1) is 5.25. The lowest BCUT2D eigenvalue weighted by Crippen LogP contribution is -2.09. The van der Waals surface area contributed by atoms with Crippen molar-refractivity contribution in [2.24, 2.45) is 0 Å². The molecule has 0 amide bonds. The van der Waals surface area contributed by atoms with Crippen molar-refractivity contribution in [2.45, 2.75) is 6.54 Å². The van der Waals surface area contributed by atoms with Crippen molar-refractivity contribution in [3.05, 3.63) is 35.4 Å². The van der Waals surface area contributed by atoms with Gasteiger partial charge in [0.2, 0.25) is 0 Å². The fraction of sp³-hybridized carbons (Fsp3) is 0.143. The van der Waals surface area contributed by atoms with Gasteiger partial charge in [-0.1, -0.05) is 6.07 Å². The predicted molar refractivity (Wildman–Crippen MR) is 35.0 cm³/mol. The van der Waals surface area contributed by atoms with E-state index in [0.717, 1.165) is 12.1 Å². The molecule has 1 aromatic rings. The van der Waals surface area contributed by atoms with E-state index in [-0.39, 0.29) is 12.1 Å². The minimum atomic E-state index is -0.661. The highest BCUT2D eigenvalue weighted by molar-refractivity contribution is 5.19. The third kappa shape index (κ3) is 1.72. The highest BCUT2D eigenvalue weighted by atomic mass is 19.1. The van der Waals surface area contributed by atoms with Gasteiger partial charge in [0.1, 0.15) is 11.6 Å². The Bertz CT molecular complexity index is 232. The molecule has 11 heavy (non-hydrogen) atoms. The summed E-state index contributed by atoms with van der Waals surface area (Å²) in [6.07, 6.45) is 0. The summed E-state index contributed by atoms with van der Waals surface area (Å²) in [5, 5.41) is 8.19. The molecule has 0 aliphatic heterocycles. The SMILES string of the molecule is ONCc1c(F)cccc1F. The standard InChI is InChI=1S/C7H7F2NO/c8-6-2-1-3-7(9)5(6)4-10-11/h1-3,10-11H,4H2. The molecule has 60 valence electrons. The van der Waals surface area contributed by atoms with E-state index in [2.05, 4.69) is 0 Å². The van der Waals surface area contributed by atoms with E-state index in [1.807, 2.05) is 0 Å². The lowest BCUT2D eigenvalue weighted by Gasteiger charge is -2.01. The number of halogens is 2. The van der Waals surface area contributed by atoms with E-state index >= 15 is 0 Å². The van der Waals surface area contributed by atoms with Gasteiger partial charge in [-0.05, 0) is 12.1 Å². The van der Waals surface area contributed by atoms with Crippen molar-refractivity contribution < 1.29 is 14.0 Å². The molecule has 0 bridgehead atoms. The number of hydroxylamine groups is 1. The monoisotopic (exact) mass is 159 g/mol. The average molecular weight is 159 g/mol. The van der Waals surface area contributed by atoms with Crippen molar-refractivity contribution in [1.29, 1.82) is 0 Å². The second-order valence-electron chi connectivity index (χ2n) is 2.04.